The third kappa shape index (κ3) is 3.75. The minimum Gasteiger partial charge on any atom is -0.483 e. The van der Waals surface area contributed by atoms with Crippen LogP contribution in [0.2, 0.25) is 0 Å². The molecule has 1 heterocycles. The summed E-state index contributed by atoms with van der Waals surface area (Å²) in [6.07, 6.45) is 0. The molecule has 0 aliphatic carbocycles. The summed E-state index contributed by atoms with van der Waals surface area (Å²) < 4.78 is 5.50. The number of nitrogens with one attached hydrogen (secondary N) is 1. The second-order valence-corrected chi connectivity index (χ2v) is 5.41. The van der Waals surface area contributed by atoms with Crippen molar-refractivity contribution in [2.75, 3.05) is 11.9 Å². The number of rotatable bonds is 4. The average Bonchev–Trinajstić information content (AvgIpc) is 2.76. The molecule has 1 aromatic carbocycles. The van der Waals surface area contributed by atoms with Gasteiger partial charge >= 0.3 is 0 Å². The van der Waals surface area contributed by atoms with Crippen LogP contribution < -0.4 is 10.1 Å². The van der Waals surface area contributed by atoms with Gasteiger partial charge in [0.1, 0.15) is 10.8 Å². The number of aryl methyl sites for hydroxylation is 3. The fraction of sp³-hybridized carbons (Fsp3) is 0.308. The smallest absolute Gasteiger partial charge is 0.264 e. The third-order valence-corrected chi connectivity index (χ3v) is 3.23. The number of anilines is 1. The zero-order valence-electron chi connectivity index (χ0n) is 11.1. The van der Waals surface area contributed by atoms with Crippen molar-refractivity contribution >= 4 is 22.4 Å². The van der Waals surface area contributed by atoms with Crippen molar-refractivity contribution in [1.82, 2.24) is 10.2 Å². The van der Waals surface area contributed by atoms with E-state index in [-0.39, 0.29) is 12.5 Å². The molecule has 1 aromatic heterocycles. The fourth-order valence-corrected chi connectivity index (χ4v) is 2.12. The number of hydrogen-bond donors (Lipinski definition) is 1. The Labute approximate surface area is 115 Å². The number of ether oxygens (including phenoxy) is 1. The van der Waals surface area contributed by atoms with Crippen LogP contribution in [0.15, 0.2) is 18.2 Å². The van der Waals surface area contributed by atoms with Crippen molar-refractivity contribution in [1.29, 1.82) is 0 Å². The van der Waals surface area contributed by atoms with E-state index < -0.39 is 0 Å². The Morgan fingerprint density at radius 3 is 2.79 bits per heavy atom. The molecule has 19 heavy (non-hydrogen) atoms. The summed E-state index contributed by atoms with van der Waals surface area (Å²) in [7, 11) is 0. The Hall–Kier alpha value is -1.95. The molecule has 1 amide bonds. The van der Waals surface area contributed by atoms with Gasteiger partial charge in [-0.3, -0.25) is 10.1 Å². The molecule has 1 N–H and O–H groups in total. The van der Waals surface area contributed by atoms with E-state index in [4.69, 9.17) is 4.74 Å². The lowest BCUT2D eigenvalue weighted by Gasteiger charge is -2.09. The number of nitrogens with zero attached hydrogens (tertiary/aromatic N) is 2. The van der Waals surface area contributed by atoms with Gasteiger partial charge < -0.3 is 4.74 Å². The van der Waals surface area contributed by atoms with Gasteiger partial charge in [-0.1, -0.05) is 23.5 Å². The number of benzene rings is 1. The van der Waals surface area contributed by atoms with Crippen LogP contribution in [0.5, 0.6) is 5.75 Å². The lowest BCUT2D eigenvalue weighted by Crippen LogP contribution is -2.20. The van der Waals surface area contributed by atoms with Crippen molar-refractivity contribution in [2.45, 2.75) is 20.8 Å². The van der Waals surface area contributed by atoms with E-state index in [9.17, 15) is 4.79 Å². The Morgan fingerprint density at radius 2 is 2.11 bits per heavy atom. The van der Waals surface area contributed by atoms with Gasteiger partial charge in [0.2, 0.25) is 5.13 Å². The first-order valence-corrected chi connectivity index (χ1v) is 6.66. The van der Waals surface area contributed by atoms with Gasteiger partial charge in [-0.15, -0.1) is 10.2 Å². The van der Waals surface area contributed by atoms with Crippen molar-refractivity contribution < 1.29 is 9.53 Å². The van der Waals surface area contributed by atoms with Crippen LogP contribution in [0.1, 0.15) is 16.1 Å². The Bertz CT molecular complexity index is 595. The summed E-state index contributed by atoms with van der Waals surface area (Å²) in [4.78, 5) is 11.7. The second-order valence-electron chi connectivity index (χ2n) is 4.23. The Kier molecular flexibility index (Phi) is 4.11. The van der Waals surface area contributed by atoms with E-state index in [2.05, 4.69) is 15.5 Å². The van der Waals surface area contributed by atoms with E-state index in [0.717, 1.165) is 21.9 Å². The van der Waals surface area contributed by atoms with Gasteiger partial charge in [-0.25, -0.2) is 0 Å². The number of aromatic nitrogens is 2. The molecule has 0 fully saturated rings. The quantitative estimate of drug-likeness (QED) is 0.932. The summed E-state index contributed by atoms with van der Waals surface area (Å²) in [5, 5.41) is 11.6. The van der Waals surface area contributed by atoms with Gasteiger partial charge in [0.25, 0.3) is 5.91 Å². The molecule has 0 aliphatic heterocycles. The minimum absolute atomic E-state index is 0.0388. The van der Waals surface area contributed by atoms with E-state index in [1.54, 1.807) is 0 Å². The predicted octanol–water partition coefficient (Wildman–Crippen LogP) is 2.48. The van der Waals surface area contributed by atoms with E-state index >= 15 is 0 Å². The van der Waals surface area contributed by atoms with E-state index in [1.165, 1.54) is 11.3 Å². The van der Waals surface area contributed by atoms with E-state index in [0.29, 0.717) is 5.13 Å². The first kappa shape index (κ1) is 13.5. The van der Waals surface area contributed by atoms with Crippen LogP contribution >= 0.6 is 11.3 Å². The summed E-state index contributed by atoms with van der Waals surface area (Å²) in [6, 6.07) is 5.89. The molecule has 0 unspecified atom stereocenters. The monoisotopic (exact) mass is 277 g/mol. The highest BCUT2D eigenvalue weighted by Crippen LogP contribution is 2.19. The van der Waals surface area contributed by atoms with E-state index in [1.807, 2.05) is 39.0 Å². The predicted molar refractivity (Wildman–Crippen MR) is 74.7 cm³/mol. The van der Waals surface area contributed by atoms with Gasteiger partial charge in [0.15, 0.2) is 6.61 Å². The van der Waals surface area contributed by atoms with Crippen LogP contribution in [0.25, 0.3) is 0 Å². The van der Waals surface area contributed by atoms with Crippen molar-refractivity contribution in [3.63, 3.8) is 0 Å². The largest absolute Gasteiger partial charge is 0.483 e. The maximum atomic E-state index is 11.7. The molecule has 0 radical (unpaired) electrons. The van der Waals surface area contributed by atoms with Crippen LogP contribution in [0, 0.1) is 20.8 Å². The lowest BCUT2D eigenvalue weighted by molar-refractivity contribution is -0.118. The van der Waals surface area contributed by atoms with Crippen LogP contribution in [0.3, 0.4) is 0 Å². The molecule has 100 valence electrons. The summed E-state index contributed by atoms with van der Waals surface area (Å²) in [5.41, 5.74) is 2.10. The van der Waals surface area contributed by atoms with Crippen molar-refractivity contribution in [2.24, 2.45) is 0 Å². The fourth-order valence-electron chi connectivity index (χ4n) is 1.51. The molecule has 0 bridgehead atoms. The molecule has 0 spiro atoms. The number of carbonyl (C=O) groups excluding carboxylic acids is 1. The molecule has 2 rings (SSSR count). The summed E-state index contributed by atoms with van der Waals surface area (Å²) in [6.45, 7) is 5.72. The standard InChI is InChI=1S/C13H15N3O2S/c1-8-4-5-9(2)11(6-8)18-7-12(17)14-13-16-15-10(3)19-13/h4-6H,7H2,1-3H3,(H,14,16,17). The first-order chi connectivity index (χ1) is 9.04. The van der Waals surface area contributed by atoms with Crippen molar-refractivity contribution in [3.8, 4) is 5.75 Å². The summed E-state index contributed by atoms with van der Waals surface area (Å²) in [5.74, 6) is 0.487. The molecule has 0 atom stereocenters. The lowest BCUT2D eigenvalue weighted by atomic mass is 10.1. The molecule has 5 nitrogen and oxygen atoms in total. The van der Waals surface area contributed by atoms with Crippen LogP contribution in [-0.4, -0.2) is 22.7 Å². The SMILES string of the molecule is Cc1ccc(C)c(OCC(=O)Nc2nnc(C)s2)c1. The first-order valence-electron chi connectivity index (χ1n) is 5.84. The summed E-state index contributed by atoms with van der Waals surface area (Å²) >= 11 is 1.33. The van der Waals surface area contributed by atoms with Gasteiger partial charge in [0, 0.05) is 0 Å². The van der Waals surface area contributed by atoms with Crippen LogP contribution in [0.4, 0.5) is 5.13 Å². The normalized spacial score (nSPS) is 10.3. The topological polar surface area (TPSA) is 64.1 Å². The number of amides is 1. The highest BCUT2D eigenvalue weighted by molar-refractivity contribution is 7.15. The zero-order valence-corrected chi connectivity index (χ0v) is 11.9. The van der Waals surface area contributed by atoms with Crippen molar-refractivity contribution in [3.05, 3.63) is 34.3 Å². The molecule has 6 heteroatoms. The average molecular weight is 277 g/mol. The maximum Gasteiger partial charge on any atom is 0.264 e. The maximum absolute atomic E-state index is 11.7. The van der Waals surface area contributed by atoms with Gasteiger partial charge in [-0.05, 0) is 38.0 Å². The Balaban J connectivity index is 1.91. The zero-order chi connectivity index (χ0) is 13.8. The third-order valence-electron chi connectivity index (χ3n) is 2.47. The van der Waals surface area contributed by atoms with Gasteiger partial charge in [0.05, 0.1) is 0 Å². The second kappa shape index (κ2) is 5.79. The molecule has 2 aromatic rings. The number of hydrogen-bond acceptors (Lipinski definition) is 5. The molecule has 0 saturated carbocycles. The molecular weight excluding hydrogens is 262 g/mol. The molecule has 0 saturated heterocycles. The highest BCUT2D eigenvalue weighted by atomic mass is 32.1. The molecular formula is C13H15N3O2S. The van der Waals surface area contributed by atoms with Gasteiger partial charge in [-0.2, -0.15) is 0 Å². The number of carbonyl (C=O) groups is 1. The Morgan fingerprint density at radius 1 is 1.32 bits per heavy atom. The highest BCUT2D eigenvalue weighted by Gasteiger charge is 2.08. The minimum atomic E-state index is -0.239. The molecule has 0 aliphatic rings. The van der Waals surface area contributed by atoms with Crippen LogP contribution in [-0.2, 0) is 4.79 Å².